The lowest BCUT2D eigenvalue weighted by Crippen LogP contribution is -2.12. The Balaban J connectivity index is 1.67. The van der Waals surface area contributed by atoms with Crippen LogP contribution in [0.2, 0.25) is 0 Å². The Morgan fingerprint density at radius 2 is 1.96 bits per heavy atom. The molecule has 2 rings (SSSR count). The zero-order valence-electron chi connectivity index (χ0n) is 13.7. The molecule has 0 fully saturated rings. The Bertz CT molecular complexity index is 623. The van der Waals surface area contributed by atoms with E-state index in [4.69, 9.17) is 9.47 Å². The first-order valence-corrected chi connectivity index (χ1v) is 8.48. The van der Waals surface area contributed by atoms with E-state index >= 15 is 0 Å². The topological polar surface area (TPSA) is 60.5 Å². The molecule has 0 unspecified atom stereocenters. The standard InChI is InChI=1S/C17H22N2O3S/c1-12(2)15-11-23-17(18-15)19-16(20)5-4-10-22-14-8-6-13(21-3)7-9-14/h6-9,11-12H,4-5,10H2,1-3H3,(H,18,19,20). The Hall–Kier alpha value is -2.08. The van der Waals surface area contributed by atoms with Gasteiger partial charge in [0, 0.05) is 11.8 Å². The van der Waals surface area contributed by atoms with Gasteiger partial charge in [0.05, 0.1) is 19.4 Å². The number of hydrogen-bond donors (Lipinski definition) is 1. The number of ether oxygens (including phenoxy) is 2. The average molecular weight is 334 g/mol. The number of carbonyl (C=O) groups excluding carboxylic acids is 1. The number of benzene rings is 1. The third-order valence-electron chi connectivity index (χ3n) is 3.24. The van der Waals surface area contributed by atoms with Crippen LogP contribution >= 0.6 is 11.3 Å². The van der Waals surface area contributed by atoms with Crippen LogP contribution in [0.25, 0.3) is 0 Å². The first-order valence-electron chi connectivity index (χ1n) is 7.60. The van der Waals surface area contributed by atoms with Crippen molar-refractivity contribution in [2.45, 2.75) is 32.6 Å². The fourth-order valence-corrected chi connectivity index (χ4v) is 2.77. The molecule has 0 aliphatic rings. The number of rotatable bonds is 8. The summed E-state index contributed by atoms with van der Waals surface area (Å²) in [5.74, 6) is 1.90. The van der Waals surface area contributed by atoms with Crippen LogP contribution in [0.15, 0.2) is 29.6 Å². The predicted molar refractivity (Wildman–Crippen MR) is 92.6 cm³/mol. The van der Waals surface area contributed by atoms with Crippen LogP contribution in [0.5, 0.6) is 11.5 Å². The van der Waals surface area contributed by atoms with Crippen molar-refractivity contribution in [3.8, 4) is 11.5 Å². The molecule has 0 aliphatic carbocycles. The summed E-state index contributed by atoms with van der Waals surface area (Å²) in [6.45, 7) is 4.66. The maximum absolute atomic E-state index is 11.9. The molecule has 1 aromatic heterocycles. The third-order valence-corrected chi connectivity index (χ3v) is 4.01. The SMILES string of the molecule is COc1ccc(OCCCC(=O)Nc2nc(C(C)C)cs2)cc1. The number of hydrogen-bond acceptors (Lipinski definition) is 5. The molecule has 0 spiro atoms. The minimum absolute atomic E-state index is 0.0343. The second-order valence-corrected chi connectivity index (χ2v) is 6.27. The third kappa shape index (κ3) is 5.56. The minimum Gasteiger partial charge on any atom is -0.497 e. The van der Waals surface area contributed by atoms with Crippen LogP contribution in [0, 0.1) is 0 Å². The molecule has 23 heavy (non-hydrogen) atoms. The van der Waals surface area contributed by atoms with Gasteiger partial charge < -0.3 is 14.8 Å². The minimum atomic E-state index is -0.0343. The van der Waals surface area contributed by atoms with Crippen LogP contribution in [0.3, 0.4) is 0 Å². The fourth-order valence-electron chi connectivity index (χ4n) is 1.89. The van der Waals surface area contributed by atoms with Crippen molar-refractivity contribution < 1.29 is 14.3 Å². The van der Waals surface area contributed by atoms with Gasteiger partial charge in [-0.3, -0.25) is 4.79 Å². The lowest BCUT2D eigenvalue weighted by molar-refractivity contribution is -0.116. The van der Waals surface area contributed by atoms with Crippen LogP contribution < -0.4 is 14.8 Å². The molecule has 0 bridgehead atoms. The van der Waals surface area contributed by atoms with E-state index < -0.39 is 0 Å². The Labute approximate surface area is 140 Å². The highest BCUT2D eigenvalue weighted by atomic mass is 32.1. The number of thiazole rings is 1. The van der Waals surface area contributed by atoms with Crippen LogP contribution in [0.4, 0.5) is 5.13 Å². The molecular weight excluding hydrogens is 312 g/mol. The van der Waals surface area contributed by atoms with Crippen molar-refractivity contribution in [1.82, 2.24) is 4.98 Å². The maximum Gasteiger partial charge on any atom is 0.226 e. The van der Waals surface area contributed by atoms with Gasteiger partial charge in [0.25, 0.3) is 0 Å². The van der Waals surface area contributed by atoms with E-state index in [0.717, 1.165) is 17.2 Å². The summed E-state index contributed by atoms with van der Waals surface area (Å²) in [6.07, 6.45) is 1.06. The number of methoxy groups -OCH3 is 1. The predicted octanol–water partition coefficient (Wildman–Crippen LogP) is 4.07. The zero-order chi connectivity index (χ0) is 16.7. The van der Waals surface area contributed by atoms with E-state index in [1.165, 1.54) is 11.3 Å². The van der Waals surface area contributed by atoms with Gasteiger partial charge in [0.15, 0.2) is 5.13 Å². The van der Waals surface area contributed by atoms with Crippen molar-refractivity contribution in [3.63, 3.8) is 0 Å². The molecule has 0 saturated heterocycles. The molecule has 1 aromatic carbocycles. The van der Waals surface area contributed by atoms with E-state index in [9.17, 15) is 4.79 Å². The van der Waals surface area contributed by atoms with Crippen LogP contribution in [-0.2, 0) is 4.79 Å². The molecule has 0 atom stereocenters. The highest BCUT2D eigenvalue weighted by Gasteiger charge is 2.08. The Morgan fingerprint density at radius 3 is 2.57 bits per heavy atom. The lowest BCUT2D eigenvalue weighted by Gasteiger charge is -2.07. The molecule has 1 amide bonds. The number of anilines is 1. The molecule has 124 valence electrons. The summed E-state index contributed by atoms with van der Waals surface area (Å²) >= 11 is 1.46. The van der Waals surface area contributed by atoms with Crippen molar-refractivity contribution >= 4 is 22.4 Å². The fraction of sp³-hybridized carbons (Fsp3) is 0.412. The molecule has 1 N–H and O–H groups in total. The smallest absolute Gasteiger partial charge is 0.226 e. The average Bonchev–Trinajstić information content (AvgIpc) is 3.01. The molecule has 5 nitrogen and oxygen atoms in total. The van der Waals surface area contributed by atoms with Gasteiger partial charge in [-0.25, -0.2) is 4.98 Å². The monoisotopic (exact) mass is 334 g/mol. The van der Waals surface area contributed by atoms with Gasteiger partial charge in [-0.15, -0.1) is 11.3 Å². The zero-order valence-corrected chi connectivity index (χ0v) is 14.5. The van der Waals surface area contributed by atoms with Crippen LogP contribution in [0.1, 0.15) is 38.3 Å². The number of nitrogens with zero attached hydrogens (tertiary/aromatic N) is 1. The second kappa shape index (κ2) is 8.53. The number of aromatic nitrogens is 1. The lowest BCUT2D eigenvalue weighted by atomic mass is 10.2. The van der Waals surface area contributed by atoms with Gasteiger partial charge in [0.1, 0.15) is 11.5 Å². The summed E-state index contributed by atoms with van der Waals surface area (Å²) in [6, 6.07) is 7.39. The van der Waals surface area contributed by atoms with Crippen molar-refractivity contribution in [2.24, 2.45) is 0 Å². The number of nitrogens with one attached hydrogen (secondary N) is 1. The van der Waals surface area contributed by atoms with Gasteiger partial charge in [-0.05, 0) is 36.6 Å². The van der Waals surface area contributed by atoms with E-state index in [1.807, 2.05) is 29.6 Å². The molecule has 0 radical (unpaired) electrons. The van der Waals surface area contributed by atoms with E-state index in [-0.39, 0.29) is 5.91 Å². The van der Waals surface area contributed by atoms with E-state index in [1.54, 1.807) is 7.11 Å². The summed E-state index contributed by atoms with van der Waals surface area (Å²) in [5, 5.41) is 5.47. The molecule has 1 heterocycles. The van der Waals surface area contributed by atoms with Gasteiger partial charge >= 0.3 is 0 Å². The molecule has 0 saturated carbocycles. The van der Waals surface area contributed by atoms with Crippen LogP contribution in [-0.4, -0.2) is 24.6 Å². The number of carbonyl (C=O) groups is 1. The Morgan fingerprint density at radius 1 is 1.26 bits per heavy atom. The summed E-state index contributed by atoms with van der Waals surface area (Å²) in [4.78, 5) is 16.3. The molecular formula is C17H22N2O3S. The maximum atomic E-state index is 11.9. The molecule has 0 aliphatic heterocycles. The normalized spacial score (nSPS) is 10.6. The Kier molecular flexibility index (Phi) is 6.40. The van der Waals surface area contributed by atoms with Gasteiger partial charge in [0.2, 0.25) is 5.91 Å². The highest BCUT2D eigenvalue weighted by Crippen LogP contribution is 2.21. The van der Waals surface area contributed by atoms with E-state index in [2.05, 4.69) is 24.1 Å². The van der Waals surface area contributed by atoms with Crippen molar-refractivity contribution in [1.29, 1.82) is 0 Å². The van der Waals surface area contributed by atoms with Crippen molar-refractivity contribution in [2.75, 3.05) is 19.0 Å². The van der Waals surface area contributed by atoms with E-state index in [0.29, 0.717) is 30.5 Å². The summed E-state index contributed by atoms with van der Waals surface area (Å²) < 4.78 is 10.7. The first-order chi connectivity index (χ1) is 11.1. The summed E-state index contributed by atoms with van der Waals surface area (Å²) in [7, 11) is 1.63. The second-order valence-electron chi connectivity index (χ2n) is 5.41. The van der Waals surface area contributed by atoms with Gasteiger partial charge in [-0.2, -0.15) is 0 Å². The first kappa shape index (κ1) is 17.3. The highest BCUT2D eigenvalue weighted by molar-refractivity contribution is 7.13. The molecule has 6 heteroatoms. The molecule has 2 aromatic rings. The van der Waals surface area contributed by atoms with Gasteiger partial charge in [-0.1, -0.05) is 13.8 Å². The largest absolute Gasteiger partial charge is 0.497 e. The summed E-state index contributed by atoms with van der Waals surface area (Å²) in [5.41, 5.74) is 1.01. The number of amides is 1. The quantitative estimate of drug-likeness (QED) is 0.739. The van der Waals surface area contributed by atoms with Crippen molar-refractivity contribution in [3.05, 3.63) is 35.3 Å².